The van der Waals surface area contributed by atoms with Gasteiger partial charge in [-0.1, -0.05) is 39.0 Å². The third kappa shape index (κ3) is 6.37. The van der Waals surface area contributed by atoms with Crippen molar-refractivity contribution in [2.75, 3.05) is 40.1 Å². The van der Waals surface area contributed by atoms with Crippen LogP contribution in [0.1, 0.15) is 36.7 Å². The van der Waals surface area contributed by atoms with Crippen molar-refractivity contribution in [1.82, 2.24) is 9.97 Å². The van der Waals surface area contributed by atoms with Crippen LogP contribution in [0.4, 0.5) is 27.4 Å². The smallest absolute Gasteiger partial charge is 0.255 e. The van der Waals surface area contributed by atoms with Crippen LogP contribution in [-0.2, 0) is 16.2 Å². The second-order valence-corrected chi connectivity index (χ2v) is 12.4. The minimum Gasteiger partial charge on any atom is -0.370 e. The van der Waals surface area contributed by atoms with E-state index in [2.05, 4.69) is 46.3 Å². The van der Waals surface area contributed by atoms with E-state index in [-0.39, 0.29) is 22.6 Å². The summed E-state index contributed by atoms with van der Waals surface area (Å²) < 4.78 is 27.2. The van der Waals surface area contributed by atoms with E-state index in [0.717, 1.165) is 30.0 Å². The normalized spacial score (nSPS) is 14.2. The highest BCUT2D eigenvalue weighted by molar-refractivity contribution is 7.85. The molecule has 1 aromatic heterocycles. The van der Waals surface area contributed by atoms with Gasteiger partial charge in [-0.15, -0.1) is 0 Å². The van der Waals surface area contributed by atoms with Gasteiger partial charge in [0.05, 0.1) is 11.4 Å². The molecule has 3 aromatic carbocycles. The van der Waals surface area contributed by atoms with E-state index in [1.54, 1.807) is 36.5 Å². The summed E-state index contributed by atoms with van der Waals surface area (Å²) in [5.74, 6) is 0.743. The van der Waals surface area contributed by atoms with Gasteiger partial charge in [-0.05, 0) is 65.6 Å². The van der Waals surface area contributed by atoms with Gasteiger partial charge in [-0.3, -0.25) is 9.00 Å². The summed E-state index contributed by atoms with van der Waals surface area (Å²) in [6, 6.07) is 21.7. The molecule has 0 aliphatic carbocycles. The van der Waals surface area contributed by atoms with E-state index in [0.29, 0.717) is 28.7 Å². The van der Waals surface area contributed by atoms with Crippen molar-refractivity contribution < 1.29 is 13.4 Å². The van der Waals surface area contributed by atoms with Gasteiger partial charge in [0.15, 0.2) is 5.82 Å². The molecule has 0 radical (unpaired) electrons. The van der Waals surface area contributed by atoms with Gasteiger partial charge in [-0.25, -0.2) is 14.4 Å². The van der Waals surface area contributed by atoms with Gasteiger partial charge in [0.1, 0.15) is 0 Å². The van der Waals surface area contributed by atoms with Crippen LogP contribution in [0.2, 0.25) is 0 Å². The number of nitrogens with one attached hydrogen (secondary N) is 2. The maximum absolute atomic E-state index is 15.5. The maximum atomic E-state index is 15.5. The zero-order chi connectivity index (χ0) is 28.3. The highest BCUT2D eigenvalue weighted by Gasteiger charge is 2.18. The van der Waals surface area contributed by atoms with Crippen molar-refractivity contribution in [1.29, 1.82) is 0 Å². The molecule has 4 aromatic rings. The van der Waals surface area contributed by atoms with Crippen LogP contribution in [0, 0.1) is 5.82 Å². The standard InChI is InChI=1S/C31H32FN5O2S/c1-31(2,3)22-9-7-21(8-10-22)29(38)35-27-6-4-5-25(28(27)32)26-15-16-33-30(36-26)34-23-11-13-24(14-12-23)37-17-19-40(39)20-18-37/h4-16H,17-20H2,1-3H3,(H,35,38)(H,33,34,36). The Balaban J connectivity index is 1.29. The molecule has 206 valence electrons. The van der Waals surface area contributed by atoms with Crippen LogP contribution >= 0.6 is 0 Å². The van der Waals surface area contributed by atoms with Gasteiger partial charge < -0.3 is 15.5 Å². The number of anilines is 4. The lowest BCUT2D eigenvalue weighted by molar-refractivity contribution is 0.102. The van der Waals surface area contributed by atoms with Crippen LogP contribution < -0.4 is 15.5 Å². The molecule has 2 N–H and O–H groups in total. The molecule has 2 heterocycles. The van der Waals surface area contributed by atoms with E-state index < -0.39 is 16.6 Å². The number of amides is 1. The average molecular weight is 558 g/mol. The van der Waals surface area contributed by atoms with E-state index in [1.165, 1.54) is 6.07 Å². The monoisotopic (exact) mass is 557 g/mol. The number of halogens is 1. The molecule has 1 amide bonds. The van der Waals surface area contributed by atoms with Gasteiger partial charge in [0, 0.05) is 64.1 Å². The van der Waals surface area contributed by atoms with Crippen molar-refractivity contribution in [2.45, 2.75) is 26.2 Å². The number of hydrogen-bond donors (Lipinski definition) is 2. The Labute approximate surface area is 236 Å². The summed E-state index contributed by atoms with van der Waals surface area (Å²) in [5, 5.41) is 5.86. The highest BCUT2D eigenvalue weighted by atomic mass is 32.2. The Hall–Kier alpha value is -4.11. The molecule has 0 spiro atoms. The number of carbonyl (C=O) groups is 1. The van der Waals surface area contributed by atoms with Gasteiger partial charge in [-0.2, -0.15) is 0 Å². The topological polar surface area (TPSA) is 87.2 Å². The first kappa shape index (κ1) is 27.5. The molecule has 0 atom stereocenters. The number of hydrogen-bond acceptors (Lipinski definition) is 6. The van der Waals surface area contributed by atoms with E-state index in [9.17, 15) is 9.00 Å². The summed E-state index contributed by atoms with van der Waals surface area (Å²) in [5.41, 5.74) is 4.12. The molecule has 0 saturated carbocycles. The Morgan fingerprint density at radius 3 is 2.33 bits per heavy atom. The van der Waals surface area contributed by atoms with Crippen molar-refractivity contribution in [3.05, 3.63) is 95.9 Å². The third-order valence-electron chi connectivity index (χ3n) is 6.86. The van der Waals surface area contributed by atoms with Crippen LogP contribution in [0.15, 0.2) is 79.0 Å². The number of benzene rings is 3. The highest BCUT2D eigenvalue weighted by Crippen LogP contribution is 2.29. The van der Waals surface area contributed by atoms with Gasteiger partial charge in [0.25, 0.3) is 5.91 Å². The molecule has 0 unspecified atom stereocenters. The molecule has 0 bridgehead atoms. The largest absolute Gasteiger partial charge is 0.370 e. The molecule has 9 heteroatoms. The van der Waals surface area contributed by atoms with Crippen molar-refractivity contribution in [3.63, 3.8) is 0 Å². The maximum Gasteiger partial charge on any atom is 0.255 e. The summed E-state index contributed by atoms with van der Waals surface area (Å²) >= 11 is 0. The van der Waals surface area contributed by atoms with Crippen molar-refractivity contribution >= 4 is 39.7 Å². The molecule has 1 aliphatic heterocycles. The SMILES string of the molecule is CC(C)(C)c1ccc(C(=O)Nc2cccc(-c3ccnc(Nc4ccc(N5CCS(=O)CC5)cc4)n3)c2F)cc1. The zero-order valence-electron chi connectivity index (χ0n) is 22.8. The van der Waals surface area contributed by atoms with Gasteiger partial charge >= 0.3 is 0 Å². The molecule has 1 saturated heterocycles. The Morgan fingerprint density at radius 2 is 1.65 bits per heavy atom. The number of carbonyl (C=O) groups excluding carboxylic acids is 1. The Kier molecular flexibility index (Phi) is 7.93. The van der Waals surface area contributed by atoms with E-state index in [1.807, 2.05) is 36.4 Å². The lowest BCUT2D eigenvalue weighted by atomic mass is 9.87. The molecule has 1 aliphatic rings. The first-order valence-corrected chi connectivity index (χ1v) is 14.7. The minimum atomic E-state index is -0.721. The molecular formula is C31H32FN5O2S. The molecule has 1 fully saturated rings. The molecule has 40 heavy (non-hydrogen) atoms. The summed E-state index contributed by atoms with van der Waals surface area (Å²) in [4.78, 5) is 23.9. The fourth-order valence-corrected chi connectivity index (χ4v) is 5.54. The Morgan fingerprint density at radius 1 is 0.950 bits per heavy atom. The quantitative estimate of drug-likeness (QED) is 0.296. The minimum absolute atomic E-state index is 0.0269. The van der Waals surface area contributed by atoms with Crippen LogP contribution in [0.5, 0.6) is 0 Å². The third-order valence-corrected chi connectivity index (χ3v) is 8.13. The summed E-state index contributed by atoms with van der Waals surface area (Å²) in [6.45, 7) is 7.87. The zero-order valence-corrected chi connectivity index (χ0v) is 23.6. The number of rotatable bonds is 6. The van der Waals surface area contributed by atoms with E-state index in [4.69, 9.17) is 0 Å². The predicted octanol–water partition coefficient (Wildman–Crippen LogP) is 6.14. The lowest BCUT2D eigenvalue weighted by Gasteiger charge is -2.28. The first-order chi connectivity index (χ1) is 19.2. The van der Waals surface area contributed by atoms with E-state index >= 15 is 4.39 Å². The predicted molar refractivity (Wildman–Crippen MR) is 160 cm³/mol. The van der Waals surface area contributed by atoms with Gasteiger partial charge in [0.2, 0.25) is 5.95 Å². The fourth-order valence-electron chi connectivity index (χ4n) is 4.49. The van der Waals surface area contributed by atoms with Crippen molar-refractivity contribution in [2.24, 2.45) is 0 Å². The Bertz CT molecular complexity index is 1530. The number of nitrogens with zero attached hydrogens (tertiary/aromatic N) is 3. The molecule has 5 rings (SSSR count). The number of aromatic nitrogens is 2. The molecular weight excluding hydrogens is 525 g/mol. The summed E-state index contributed by atoms with van der Waals surface area (Å²) in [6.07, 6.45) is 1.56. The molecule has 7 nitrogen and oxygen atoms in total. The van der Waals surface area contributed by atoms with Crippen molar-refractivity contribution in [3.8, 4) is 11.3 Å². The second kappa shape index (κ2) is 11.6. The summed E-state index contributed by atoms with van der Waals surface area (Å²) in [7, 11) is -0.721. The van der Waals surface area contributed by atoms with Crippen LogP contribution in [0.3, 0.4) is 0 Å². The van der Waals surface area contributed by atoms with Crippen LogP contribution in [-0.4, -0.2) is 44.7 Å². The fraction of sp³-hybridized carbons (Fsp3) is 0.258. The second-order valence-electron chi connectivity index (χ2n) is 10.7. The lowest BCUT2D eigenvalue weighted by Crippen LogP contribution is -2.37. The first-order valence-electron chi connectivity index (χ1n) is 13.2. The van der Waals surface area contributed by atoms with Crippen LogP contribution in [0.25, 0.3) is 11.3 Å². The average Bonchev–Trinajstić information content (AvgIpc) is 2.95.